The standard InChI is InChI=1S/C19H23NO4S2/c1-15-8-9-19(14-16(15)2)26(23,24)20-12-10-18(11-13-20)25(21,22)17-6-4-3-5-7-17/h3-9,14,18H,10-13H2,1-2H3. The summed E-state index contributed by atoms with van der Waals surface area (Å²) in [5.41, 5.74) is 1.96. The Morgan fingerprint density at radius 1 is 0.808 bits per heavy atom. The number of piperidine rings is 1. The molecule has 7 heteroatoms. The quantitative estimate of drug-likeness (QED) is 0.801. The van der Waals surface area contributed by atoms with Crippen molar-refractivity contribution in [3.63, 3.8) is 0 Å². The van der Waals surface area contributed by atoms with Crippen LogP contribution in [-0.4, -0.2) is 39.5 Å². The van der Waals surface area contributed by atoms with Crippen LogP contribution in [0.3, 0.4) is 0 Å². The Hall–Kier alpha value is -1.70. The maximum Gasteiger partial charge on any atom is 0.243 e. The fraction of sp³-hybridized carbons (Fsp3) is 0.368. The Morgan fingerprint density at radius 3 is 2.00 bits per heavy atom. The van der Waals surface area contributed by atoms with E-state index in [1.165, 1.54) is 4.31 Å². The number of benzene rings is 2. The first kappa shape index (κ1) is 19.1. The van der Waals surface area contributed by atoms with Crippen LogP contribution in [0.5, 0.6) is 0 Å². The minimum Gasteiger partial charge on any atom is -0.223 e. The molecule has 140 valence electrons. The van der Waals surface area contributed by atoms with Gasteiger partial charge in [-0.05, 0) is 62.1 Å². The number of sulfonamides is 1. The number of nitrogens with zero attached hydrogens (tertiary/aromatic N) is 1. The minimum absolute atomic E-state index is 0.214. The van der Waals surface area contributed by atoms with Crippen molar-refractivity contribution in [3.05, 3.63) is 59.7 Å². The predicted octanol–water partition coefficient (Wildman–Crippen LogP) is 2.93. The van der Waals surface area contributed by atoms with Gasteiger partial charge < -0.3 is 0 Å². The van der Waals surface area contributed by atoms with Gasteiger partial charge in [0.1, 0.15) is 0 Å². The fourth-order valence-electron chi connectivity index (χ4n) is 3.21. The highest BCUT2D eigenvalue weighted by Crippen LogP contribution is 2.28. The van der Waals surface area contributed by atoms with Crippen molar-refractivity contribution in [1.29, 1.82) is 0 Å². The molecule has 1 saturated heterocycles. The van der Waals surface area contributed by atoms with Crippen LogP contribution in [0.15, 0.2) is 58.3 Å². The number of rotatable bonds is 4. The molecule has 0 spiro atoms. The fourth-order valence-corrected chi connectivity index (χ4v) is 6.52. The molecule has 0 atom stereocenters. The molecule has 26 heavy (non-hydrogen) atoms. The molecule has 0 unspecified atom stereocenters. The van der Waals surface area contributed by atoms with Crippen molar-refractivity contribution in [2.24, 2.45) is 0 Å². The summed E-state index contributed by atoms with van der Waals surface area (Å²) in [6, 6.07) is 13.5. The molecule has 3 rings (SSSR count). The number of hydrogen-bond donors (Lipinski definition) is 0. The lowest BCUT2D eigenvalue weighted by Crippen LogP contribution is -2.42. The highest BCUT2D eigenvalue weighted by atomic mass is 32.2. The van der Waals surface area contributed by atoms with Crippen LogP contribution in [0.4, 0.5) is 0 Å². The van der Waals surface area contributed by atoms with E-state index in [-0.39, 0.29) is 18.0 Å². The van der Waals surface area contributed by atoms with Gasteiger partial charge in [-0.25, -0.2) is 16.8 Å². The minimum atomic E-state index is -3.60. The van der Waals surface area contributed by atoms with Crippen molar-refractivity contribution in [3.8, 4) is 0 Å². The van der Waals surface area contributed by atoms with Crippen LogP contribution >= 0.6 is 0 Å². The lowest BCUT2D eigenvalue weighted by Gasteiger charge is -2.31. The van der Waals surface area contributed by atoms with Crippen LogP contribution in [0, 0.1) is 13.8 Å². The normalized spacial score (nSPS) is 17.3. The van der Waals surface area contributed by atoms with Crippen LogP contribution in [0.2, 0.25) is 0 Å². The average molecular weight is 394 g/mol. The van der Waals surface area contributed by atoms with E-state index < -0.39 is 25.1 Å². The molecule has 1 heterocycles. The molecular formula is C19H23NO4S2. The molecule has 5 nitrogen and oxygen atoms in total. The van der Waals surface area contributed by atoms with E-state index in [0.29, 0.717) is 17.7 Å². The average Bonchev–Trinajstić information content (AvgIpc) is 2.64. The third-order valence-corrected chi connectivity index (χ3v) is 9.20. The smallest absolute Gasteiger partial charge is 0.223 e. The SMILES string of the molecule is Cc1ccc(S(=O)(=O)N2CCC(S(=O)(=O)c3ccccc3)CC2)cc1C. The van der Waals surface area contributed by atoms with Crippen LogP contribution in [0.25, 0.3) is 0 Å². The molecular weight excluding hydrogens is 370 g/mol. The monoisotopic (exact) mass is 393 g/mol. The van der Waals surface area contributed by atoms with Crippen molar-refractivity contribution in [2.45, 2.75) is 41.7 Å². The molecule has 1 fully saturated rings. The summed E-state index contributed by atoms with van der Waals surface area (Å²) in [4.78, 5) is 0.570. The van der Waals surface area contributed by atoms with E-state index in [1.807, 2.05) is 13.8 Å². The zero-order chi connectivity index (χ0) is 18.9. The van der Waals surface area contributed by atoms with Crippen LogP contribution in [-0.2, 0) is 19.9 Å². The summed E-state index contributed by atoms with van der Waals surface area (Å²) < 4.78 is 52.6. The third-order valence-electron chi connectivity index (χ3n) is 5.03. The number of aryl methyl sites for hydroxylation is 2. The summed E-state index contributed by atoms with van der Waals surface area (Å²) >= 11 is 0. The van der Waals surface area contributed by atoms with Gasteiger partial charge >= 0.3 is 0 Å². The van der Waals surface area contributed by atoms with Gasteiger partial charge in [-0.3, -0.25) is 0 Å². The molecule has 0 aliphatic carbocycles. The highest BCUT2D eigenvalue weighted by Gasteiger charge is 2.35. The third kappa shape index (κ3) is 3.56. The van der Waals surface area contributed by atoms with Crippen molar-refractivity contribution in [2.75, 3.05) is 13.1 Å². The first-order chi connectivity index (χ1) is 12.2. The second kappa shape index (κ2) is 7.13. The van der Waals surface area contributed by atoms with Crippen molar-refractivity contribution >= 4 is 19.9 Å². The lowest BCUT2D eigenvalue weighted by atomic mass is 10.1. The van der Waals surface area contributed by atoms with E-state index in [1.54, 1.807) is 48.5 Å². The van der Waals surface area contributed by atoms with Crippen molar-refractivity contribution < 1.29 is 16.8 Å². The molecule has 2 aromatic carbocycles. The second-order valence-corrected chi connectivity index (χ2v) is 10.9. The molecule has 1 aliphatic heterocycles. The predicted molar refractivity (Wildman–Crippen MR) is 101 cm³/mol. The van der Waals surface area contributed by atoms with E-state index in [2.05, 4.69) is 0 Å². The summed E-state index contributed by atoms with van der Waals surface area (Å²) in [5, 5.41) is -0.545. The van der Waals surface area contributed by atoms with E-state index in [9.17, 15) is 16.8 Å². The molecule has 2 aromatic rings. The second-order valence-electron chi connectivity index (χ2n) is 6.71. The molecule has 0 saturated carbocycles. The lowest BCUT2D eigenvalue weighted by molar-refractivity contribution is 0.345. The topological polar surface area (TPSA) is 71.5 Å². The Balaban J connectivity index is 1.77. The van der Waals surface area contributed by atoms with Gasteiger partial charge in [-0.15, -0.1) is 0 Å². The summed E-state index contributed by atoms with van der Waals surface area (Å²) in [6.45, 7) is 4.25. The van der Waals surface area contributed by atoms with Crippen LogP contribution in [0.1, 0.15) is 24.0 Å². The maximum absolute atomic E-state index is 12.9. The molecule has 0 amide bonds. The summed E-state index contributed by atoms with van der Waals surface area (Å²) in [5.74, 6) is 0. The van der Waals surface area contributed by atoms with E-state index in [4.69, 9.17) is 0 Å². The zero-order valence-electron chi connectivity index (χ0n) is 14.9. The molecule has 0 N–H and O–H groups in total. The van der Waals surface area contributed by atoms with Gasteiger partial charge in [0.25, 0.3) is 0 Å². The van der Waals surface area contributed by atoms with Gasteiger partial charge in [-0.1, -0.05) is 24.3 Å². The molecule has 0 radical (unpaired) electrons. The maximum atomic E-state index is 12.9. The van der Waals surface area contributed by atoms with Gasteiger partial charge in [0.05, 0.1) is 15.0 Å². The number of hydrogen-bond acceptors (Lipinski definition) is 4. The number of sulfone groups is 1. The first-order valence-electron chi connectivity index (χ1n) is 8.59. The molecule has 1 aliphatic rings. The summed E-state index contributed by atoms with van der Waals surface area (Å²) in [6.07, 6.45) is 0.614. The largest absolute Gasteiger partial charge is 0.243 e. The van der Waals surface area contributed by atoms with E-state index >= 15 is 0 Å². The Labute approximate surface area is 155 Å². The van der Waals surface area contributed by atoms with E-state index in [0.717, 1.165) is 11.1 Å². The summed E-state index contributed by atoms with van der Waals surface area (Å²) in [7, 11) is -7.03. The van der Waals surface area contributed by atoms with Crippen LogP contribution < -0.4 is 0 Å². The highest BCUT2D eigenvalue weighted by molar-refractivity contribution is 7.92. The zero-order valence-corrected chi connectivity index (χ0v) is 16.6. The van der Waals surface area contributed by atoms with Gasteiger partial charge in [0.15, 0.2) is 9.84 Å². The first-order valence-corrected chi connectivity index (χ1v) is 11.6. The Kier molecular flexibility index (Phi) is 5.23. The van der Waals surface area contributed by atoms with Gasteiger partial charge in [-0.2, -0.15) is 4.31 Å². The van der Waals surface area contributed by atoms with Gasteiger partial charge in [0, 0.05) is 13.1 Å². The van der Waals surface area contributed by atoms with Gasteiger partial charge in [0.2, 0.25) is 10.0 Å². The Morgan fingerprint density at radius 2 is 1.42 bits per heavy atom. The molecule has 0 aromatic heterocycles. The Bertz CT molecular complexity index is 991. The van der Waals surface area contributed by atoms with Crippen molar-refractivity contribution in [1.82, 2.24) is 4.31 Å². The molecule has 0 bridgehead atoms.